The molecule has 1 aromatic rings. The number of nitriles is 1. The molecule has 5 nitrogen and oxygen atoms in total. The molecule has 0 radical (unpaired) electrons. The Hall–Kier alpha value is -1.70. The monoisotopic (exact) mass is 166 g/mol. The molecule has 0 spiro atoms. The number of aromatic nitrogens is 1. The summed E-state index contributed by atoms with van der Waals surface area (Å²) in [6.45, 7) is 2.70. The largest absolute Gasteiger partial charge is 0.366 e. The van der Waals surface area contributed by atoms with Gasteiger partial charge < -0.3 is 15.2 Å². The first-order valence-corrected chi connectivity index (χ1v) is 3.57. The van der Waals surface area contributed by atoms with Crippen molar-refractivity contribution < 1.29 is 4.52 Å². The highest BCUT2D eigenvalue weighted by Gasteiger charge is 2.15. The predicted octanol–water partition coefficient (Wildman–Crippen LogP) is 0.585. The van der Waals surface area contributed by atoms with E-state index in [0.717, 1.165) is 6.54 Å². The van der Waals surface area contributed by atoms with Gasteiger partial charge in [0, 0.05) is 13.6 Å². The first-order chi connectivity index (χ1) is 5.70. The van der Waals surface area contributed by atoms with Crippen LogP contribution in [0.15, 0.2) is 4.52 Å². The van der Waals surface area contributed by atoms with Crippen LogP contribution in [0.1, 0.15) is 12.5 Å². The Bertz CT molecular complexity index is 312. The lowest BCUT2D eigenvalue weighted by Gasteiger charge is -2.11. The zero-order chi connectivity index (χ0) is 9.14. The lowest BCUT2D eigenvalue weighted by molar-refractivity contribution is 0.436. The topological polar surface area (TPSA) is 79.1 Å². The predicted molar refractivity (Wildman–Crippen MR) is 44.6 cm³/mol. The summed E-state index contributed by atoms with van der Waals surface area (Å²) in [5, 5.41) is 12.3. The fraction of sp³-hybridized carbons (Fsp3) is 0.429. The van der Waals surface area contributed by atoms with Crippen molar-refractivity contribution in [3.05, 3.63) is 5.56 Å². The van der Waals surface area contributed by atoms with E-state index in [1.807, 2.05) is 20.0 Å². The molecular formula is C7H10N4O. The van der Waals surface area contributed by atoms with Crippen LogP contribution in [-0.2, 0) is 0 Å². The van der Waals surface area contributed by atoms with Gasteiger partial charge in [-0.1, -0.05) is 5.16 Å². The summed E-state index contributed by atoms with van der Waals surface area (Å²) < 4.78 is 4.67. The molecule has 0 fully saturated rings. The van der Waals surface area contributed by atoms with Crippen LogP contribution in [0.25, 0.3) is 0 Å². The summed E-state index contributed by atoms with van der Waals surface area (Å²) in [6, 6.07) is 1.94. The minimum absolute atomic E-state index is 0.0767. The van der Waals surface area contributed by atoms with Crippen LogP contribution in [0.2, 0.25) is 0 Å². The van der Waals surface area contributed by atoms with Crippen molar-refractivity contribution in [1.82, 2.24) is 5.16 Å². The first-order valence-electron chi connectivity index (χ1n) is 3.57. The van der Waals surface area contributed by atoms with Gasteiger partial charge >= 0.3 is 0 Å². The standard InChI is InChI=1S/C7H10N4O/c1-3-11(2)7-5(4-8)6(9)12-10-7/h3,9H2,1-2H3. The molecule has 2 N–H and O–H groups in total. The summed E-state index contributed by atoms with van der Waals surface area (Å²) in [5.41, 5.74) is 5.67. The molecule has 0 atom stereocenters. The van der Waals surface area contributed by atoms with Gasteiger partial charge in [0.25, 0.3) is 0 Å². The van der Waals surface area contributed by atoms with Crippen molar-refractivity contribution in [2.75, 3.05) is 24.2 Å². The van der Waals surface area contributed by atoms with Crippen LogP contribution < -0.4 is 10.6 Å². The maximum absolute atomic E-state index is 8.68. The van der Waals surface area contributed by atoms with E-state index in [2.05, 4.69) is 9.68 Å². The van der Waals surface area contributed by atoms with E-state index in [1.165, 1.54) is 0 Å². The number of anilines is 2. The van der Waals surface area contributed by atoms with E-state index < -0.39 is 0 Å². The average Bonchev–Trinajstić information content (AvgIpc) is 2.45. The minimum atomic E-state index is 0.0767. The number of nitrogens with two attached hydrogens (primary N) is 1. The van der Waals surface area contributed by atoms with Crippen molar-refractivity contribution >= 4 is 11.7 Å². The van der Waals surface area contributed by atoms with E-state index in [4.69, 9.17) is 11.0 Å². The fourth-order valence-electron chi connectivity index (χ4n) is 0.809. The zero-order valence-electron chi connectivity index (χ0n) is 7.03. The van der Waals surface area contributed by atoms with Gasteiger partial charge in [-0.15, -0.1) is 0 Å². The lowest BCUT2D eigenvalue weighted by atomic mass is 10.3. The van der Waals surface area contributed by atoms with Crippen LogP contribution in [0.3, 0.4) is 0 Å². The van der Waals surface area contributed by atoms with Crippen LogP contribution in [0, 0.1) is 11.3 Å². The molecule has 1 heterocycles. The van der Waals surface area contributed by atoms with Crippen molar-refractivity contribution in [1.29, 1.82) is 5.26 Å². The fourth-order valence-corrected chi connectivity index (χ4v) is 0.809. The van der Waals surface area contributed by atoms with Crippen molar-refractivity contribution in [2.24, 2.45) is 0 Å². The molecule has 0 aromatic carbocycles. The Labute approximate surface area is 70.3 Å². The van der Waals surface area contributed by atoms with Crippen LogP contribution >= 0.6 is 0 Å². The van der Waals surface area contributed by atoms with Gasteiger partial charge in [0.2, 0.25) is 5.88 Å². The van der Waals surface area contributed by atoms with Crippen molar-refractivity contribution in [2.45, 2.75) is 6.92 Å². The zero-order valence-corrected chi connectivity index (χ0v) is 7.03. The Morgan fingerprint density at radius 3 is 2.92 bits per heavy atom. The smallest absolute Gasteiger partial charge is 0.242 e. The highest BCUT2D eigenvalue weighted by Crippen LogP contribution is 2.22. The van der Waals surface area contributed by atoms with Gasteiger partial charge in [-0.05, 0) is 6.92 Å². The Kier molecular flexibility index (Phi) is 2.19. The van der Waals surface area contributed by atoms with Crippen LogP contribution in [-0.4, -0.2) is 18.7 Å². The van der Waals surface area contributed by atoms with Crippen LogP contribution in [0.4, 0.5) is 11.7 Å². The molecule has 0 saturated carbocycles. The van der Waals surface area contributed by atoms with Crippen molar-refractivity contribution in [3.63, 3.8) is 0 Å². The van der Waals surface area contributed by atoms with Gasteiger partial charge in [-0.25, -0.2) is 0 Å². The molecule has 0 aliphatic carbocycles. The minimum Gasteiger partial charge on any atom is -0.366 e. The third kappa shape index (κ3) is 1.19. The molecule has 1 aromatic heterocycles. The number of nitrogens with zero attached hydrogens (tertiary/aromatic N) is 3. The van der Waals surface area contributed by atoms with Gasteiger partial charge in [0.15, 0.2) is 11.4 Å². The SMILES string of the molecule is CCN(C)c1noc(N)c1C#N. The van der Waals surface area contributed by atoms with Gasteiger partial charge in [0.1, 0.15) is 6.07 Å². The molecule has 1 rings (SSSR count). The summed E-state index contributed by atoms with van der Waals surface area (Å²) in [7, 11) is 1.82. The first kappa shape index (κ1) is 8.40. The number of hydrogen-bond acceptors (Lipinski definition) is 5. The molecule has 0 aliphatic heterocycles. The van der Waals surface area contributed by atoms with Gasteiger partial charge in [-0.3, -0.25) is 0 Å². The third-order valence-corrected chi connectivity index (χ3v) is 1.65. The third-order valence-electron chi connectivity index (χ3n) is 1.65. The maximum Gasteiger partial charge on any atom is 0.242 e. The summed E-state index contributed by atoms with van der Waals surface area (Å²) in [6.07, 6.45) is 0. The van der Waals surface area contributed by atoms with E-state index in [-0.39, 0.29) is 5.88 Å². The highest BCUT2D eigenvalue weighted by atomic mass is 16.5. The van der Waals surface area contributed by atoms with Crippen molar-refractivity contribution in [3.8, 4) is 6.07 Å². The highest BCUT2D eigenvalue weighted by molar-refractivity contribution is 5.61. The van der Waals surface area contributed by atoms with E-state index in [9.17, 15) is 0 Å². The molecule has 0 amide bonds. The molecule has 0 bridgehead atoms. The second-order valence-electron chi connectivity index (χ2n) is 2.37. The lowest BCUT2D eigenvalue weighted by Crippen LogP contribution is -2.17. The molecule has 12 heavy (non-hydrogen) atoms. The average molecular weight is 166 g/mol. The van der Waals surface area contributed by atoms with Gasteiger partial charge in [0.05, 0.1) is 0 Å². The van der Waals surface area contributed by atoms with E-state index in [0.29, 0.717) is 11.4 Å². The summed E-state index contributed by atoms with van der Waals surface area (Å²) >= 11 is 0. The van der Waals surface area contributed by atoms with E-state index in [1.54, 1.807) is 4.90 Å². The normalized spacial score (nSPS) is 9.42. The summed E-state index contributed by atoms with van der Waals surface area (Å²) in [5.74, 6) is 0.574. The Morgan fingerprint density at radius 1 is 1.75 bits per heavy atom. The Morgan fingerprint density at radius 2 is 2.42 bits per heavy atom. The van der Waals surface area contributed by atoms with Gasteiger partial charge in [-0.2, -0.15) is 5.26 Å². The van der Waals surface area contributed by atoms with E-state index >= 15 is 0 Å². The molecule has 0 unspecified atom stereocenters. The number of rotatable bonds is 2. The molecular weight excluding hydrogens is 156 g/mol. The molecule has 64 valence electrons. The number of hydrogen-bond donors (Lipinski definition) is 1. The molecule has 0 saturated heterocycles. The molecule has 0 aliphatic rings. The molecule has 5 heteroatoms. The quantitative estimate of drug-likeness (QED) is 0.695. The number of nitrogen functional groups attached to an aromatic ring is 1. The maximum atomic E-state index is 8.68. The Balaban J connectivity index is 3.09. The second-order valence-corrected chi connectivity index (χ2v) is 2.37. The second kappa shape index (κ2) is 3.13. The summed E-state index contributed by atoms with van der Waals surface area (Å²) in [4.78, 5) is 1.79. The van der Waals surface area contributed by atoms with Crippen LogP contribution in [0.5, 0.6) is 0 Å².